The Balaban J connectivity index is 3.63. The lowest BCUT2D eigenvalue weighted by Gasteiger charge is -2.25. The second-order valence-electron chi connectivity index (χ2n) is 5.61. The lowest BCUT2D eigenvalue weighted by atomic mass is 9.86. The summed E-state index contributed by atoms with van der Waals surface area (Å²) in [7, 11) is -3.25. The van der Waals surface area contributed by atoms with Gasteiger partial charge in [0.15, 0.2) is 9.84 Å². The van der Waals surface area contributed by atoms with E-state index in [1.54, 1.807) is 26.1 Å². The van der Waals surface area contributed by atoms with E-state index in [4.69, 9.17) is 0 Å². The first-order valence-corrected chi connectivity index (χ1v) is 7.33. The summed E-state index contributed by atoms with van der Waals surface area (Å²) in [5.74, 6) is 0. The first kappa shape index (κ1) is 14.2. The average Bonchev–Trinajstić information content (AvgIpc) is 2.14. The molecule has 0 unspecified atom stereocenters. The van der Waals surface area contributed by atoms with Gasteiger partial charge in [0.05, 0.1) is 10.1 Å². The molecule has 1 rings (SSSR count). The number of nitrogens with zero attached hydrogens (tertiary/aromatic N) is 1. The highest BCUT2D eigenvalue weighted by atomic mass is 32.2. The van der Waals surface area contributed by atoms with Crippen LogP contribution in [0.3, 0.4) is 0 Å². The van der Waals surface area contributed by atoms with E-state index >= 15 is 0 Å². The Hall–Kier alpha value is -0.900. The summed E-state index contributed by atoms with van der Waals surface area (Å²) in [6, 6.07) is 1.61. The van der Waals surface area contributed by atoms with Crippen molar-refractivity contribution in [1.29, 1.82) is 0 Å². The fourth-order valence-electron chi connectivity index (χ4n) is 1.95. The summed E-state index contributed by atoms with van der Waals surface area (Å²) in [5.41, 5.74) is 1.39. The summed E-state index contributed by atoms with van der Waals surface area (Å²) in [6.45, 7) is 11.3. The van der Waals surface area contributed by atoms with Gasteiger partial charge in [0.1, 0.15) is 0 Å². The molecule has 0 fully saturated rings. The number of rotatable bonds is 2. The van der Waals surface area contributed by atoms with Crippen molar-refractivity contribution in [1.82, 2.24) is 4.98 Å². The Labute approximate surface area is 104 Å². The summed E-state index contributed by atoms with van der Waals surface area (Å²) in [5, 5.41) is -0.412. The standard InChI is InChI=1S/C13H21NO2S/c1-9(2)17(15,16)11-7-8-14-10(3)12(11)13(4,5)6/h7-9H,1-6H3. The lowest BCUT2D eigenvalue weighted by molar-refractivity contribution is 0.551. The van der Waals surface area contributed by atoms with Crippen LogP contribution in [0.5, 0.6) is 0 Å². The van der Waals surface area contributed by atoms with Gasteiger partial charge in [0.25, 0.3) is 0 Å². The number of aromatic nitrogens is 1. The minimum Gasteiger partial charge on any atom is -0.261 e. The molecule has 1 aromatic heterocycles. The molecule has 0 saturated heterocycles. The van der Waals surface area contributed by atoms with E-state index in [2.05, 4.69) is 4.98 Å². The summed E-state index contributed by atoms with van der Waals surface area (Å²) >= 11 is 0. The fourth-order valence-corrected chi connectivity index (χ4v) is 3.44. The smallest absolute Gasteiger partial charge is 0.181 e. The van der Waals surface area contributed by atoms with Crippen LogP contribution in [0.1, 0.15) is 45.9 Å². The normalized spacial score (nSPS) is 13.1. The molecule has 3 nitrogen and oxygen atoms in total. The highest BCUT2D eigenvalue weighted by Gasteiger charge is 2.29. The molecule has 1 aromatic rings. The zero-order chi connectivity index (χ0) is 13.4. The zero-order valence-corrected chi connectivity index (χ0v) is 12.2. The van der Waals surface area contributed by atoms with Gasteiger partial charge in [0, 0.05) is 11.9 Å². The molecule has 0 aliphatic rings. The monoisotopic (exact) mass is 255 g/mol. The van der Waals surface area contributed by atoms with Crippen molar-refractivity contribution in [3.63, 3.8) is 0 Å². The van der Waals surface area contributed by atoms with Crippen LogP contribution in [-0.4, -0.2) is 18.7 Å². The average molecular weight is 255 g/mol. The third-order valence-electron chi connectivity index (χ3n) is 2.78. The van der Waals surface area contributed by atoms with Crippen LogP contribution in [0, 0.1) is 6.92 Å². The van der Waals surface area contributed by atoms with Gasteiger partial charge in [0.2, 0.25) is 0 Å². The summed E-state index contributed by atoms with van der Waals surface area (Å²) in [4.78, 5) is 4.64. The van der Waals surface area contributed by atoms with Gasteiger partial charge in [-0.2, -0.15) is 0 Å². The molecule has 4 heteroatoms. The second kappa shape index (κ2) is 4.41. The third-order valence-corrected chi connectivity index (χ3v) is 4.97. The number of sulfone groups is 1. The predicted octanol–water partition coefficient (Wildman–Crippen LogP) is 2.87. The Bertz CT molecular complexity index is 511. The number of pyridine rings is 1. The van der Waals surface area contributed by atoms with E-state index in [9.17, 15) is 8.42 Å². The van der Waals surface area contributed by atoms with Crippen LogP contribution >= 0.6 is 0 Å². The molecular weight excluding hydrogens is 234 g/mol. The Kier molecular flexibility index (Phi) is 3.67. The molecule has 0 spiro atoms. The third kappa shape index (κ3) is 2.68. The molecule has 17 heavy (non-hydrogen) atoms. The summed E-state index contributed by atoms with van der Waals surface area (Å²) < 4.78 is 24.6. The molecule has 0 bridgehead atoms. The molecule has 0 atom stereocenters. The first-order valence-electron chi connectivity index (χ1n) is 5.78. The molecule has 0 N–H and O–H groups in total. The van der Waals surface area contributed by atoms with Crippen molar-refractivity contribution in [2.45, 2.75) is 57.1 Å². The van der Waals surface area contributed by atoms with E-state index in [1.165, 1.54) is 0 Å². The van der Waals surface area contributed by atoms with Crippen molar-refractivity contribution >= 4 is 9.84 Å². The van der Waals surface area contributed by atoms with E-state index in [0.717, 1.165) is 11.3 Å². The maximum Gasteiger partial charge on any atom is 0.181 e. The highest BCUT2D eigenvalue weighted by molar-refractivity contribution is 7.92. The van der Waals surface area contributed by atoms with Crippen LogP contribution in [-0.2, 0) is 15.3 Å². The van der Waals surface area contributed by atoms with Crippen molar-refractivity contribution in [2.24, 2.45) is 0 Å². The topological polar surface area (TPSA) is 47.0 Å². The molecule has 0 aliphatic heterocycles. The van der Waals surface area contributed by atoms with Crippen molar-refractivity contribution in [3.05, 3.63) is 23.5 Å². The quantitative estimate of drug-likeness (QED) is 0.816. The van der Waals surface area contributed by atoms with Crippen LogP contribution in [0.4, 0.5) is 0 Å². The van der Waals surface area contributed by atoms with E-state index in [0.29, 0.717) is 4.90 Å². The highest BCUT2D eigenvalue weighted by Crippen LogP contribution is 2.32. The lowest BCUT2D eigenvalue weighted by Crippen LogP contribution is -2.23. The maximum atomic E-state index is 12.3. The minimum atomic E-state index is -3.25. The SMILES string of the molecule is Cc1nccc(S(=O)(=O)C(C)C)c1C(C)(C)C. The molecule has 96 valence electrons. The zero-order valence-electron chi connectivity index (χ0n) is 11.4. The number of aryl methyl sites for hydroxylation is 1. The van der Waals surface area contributed by atoms with Crippen LogP contribution in [0.15, 0.2) is 17.2 Å². The predicted molar refractivity (Wildman–Crippen MR) is 70.0 cm³/mol. The van der Waals surface area contributed by atoms with Gasteiger partial charge in [-0.15, -0.1) is 0 Å². The maximum absolute atomic E-state index is 12.3. The number of hydrogen-bond acceptors (Lipinski definition) is 3. The van der Waals surface area contributed by atoms with Crippen LogP contribution in [0.2, 0.25) is 0 Å². The molecular formula is C13H21NO2S. The van der Waals surface area contributed by atoms with Crippen molar-refractivity contribution < 1.29 is 8.42 Å². The fraction of sp³-hybridized carbons (Fsp3) is 0.615. The van der Waals surface area contributed by atoms with Gasteiger partial charge < -0.3 is 0 Å². The Morgan fingerprint density at radius 1 is 1.24 bits per heavy atom. The van der Waals surface area contributed by atoms with Crippen LogP contribution in [0.25, 0.3) is 0 Å². The molecule has 0 aliphatic carbocycles. The molecule has 0 aromatic carbocycles. The molecule has 0 saturated carbocycles. The van der Waals surface area contributed by atoms with Gasteiger partial charge in [-0.25, -0.2) is 8.42 Å². The van der Waals surface area contributed by atoms with Crippen molar-refractivity contribution in [3.8, 4) is 0 Å². The van der Waals surface area contributed by atoms with Gasteiger partial charge in [-0.1, -0.05) is 20.8 Å². The molecule has 1 heterocycles. The number of hydrogen-bond donors (Lipinski definition) is 0. The Morgan fingerprint density at radius 2 is 1.76 bits per heavy atom. The second-order valence-corrected chi connectivity index (χ2v) is 8.09. The molecule has 0 radical (unpaired) electrons. The Morgan fingerprint density at radius 3 is 2.18 bits per heavy atom. The van der Waals surface area contributed by atoms with Crippen molar-refractivity contribution in [2.75, 3.05) is 0 Å². The molecule has 0 amide bonds. The largest absolute Gasteiger partial charge is 0.261 e. The van der Waals surface area contributed by atoms with Gasteiger partial charge >= 0.3 is 0 Å². The van der Waals surface area contributed by atoms with E-state index in [-0.39, 0.29) is 5.41 Å². The summed E-state index contributed by atoms with van der Waals surface area (Å²) in [6.07, 6.45) is 1.57. The van der Waals surface area contributed by atoms with E-state index < -0.39 is 15.1 Å². The minimum absolute atomic E-state index is 0.227. The first-order chi connectivity index (χ1) is 7.58. The van der Waals surface area contributed by atoms with Gasteiger partial charge in [-0.05, 0) is 37.8 Å². The van der Waals surface area contributed by atoms with Crippen LogP contribution < -0.4 is 0 Å². The van der Waals surface area contributed by atoms with Gasteiger partial charge in [-0.3, -0.25) is 4.98 Å². The van der Waals surface area contributed by atoms with E-state index in [1.807, 2.05) is 27.7 Å².